The average Bonchev–Trinajstić information content (AvgIpc) is 2.77. The molecule has 0 spiro atoms. The van der Waals surface area contributed by atoms with E-state index in [0.29, 0.717) is 17.1 Å². The Labute approximate surface area is 100 Å². The summed E-state index contributed by atoms with van der Waals surface area (Å²) in [5.74, 6) is 0. The normalized spacial score (nSPS) is 12.0. The zero-order valence-electron chi connectivity index (χ0n) is 9.57. The number of aromatic nitrogens is 5. The second-order valence-corrected chi connectivity index (χ2v) is 3.92. The Morgan fingerprint density at radius 1 is 1.50 bits per heavy atom. The van der Waals surface area contributed by atoms with E-state index in [-0.39, 0.29) is 6.54 Å². The van der Waals surface area contributed by atoms with E-state index in [0.717, 1.165) is 4.68 Å². The third-order valence-electron chi connectivity index (χ3n) is 2.38. The smallest absolute Gasteiger partial charge is 0.392 e. The molecular formula is C9H12F3N6+. The van der Waals surface area contributed by atoms with Crippen molar-refractivity contribution < 1.29 is 17.9 Å². The van der Waals surface area contributed by atoms with Crippen LogP contribution in [0, 0.1) is 6.92 Å². The molecule has 0 saturated carbocycles. The van der Waals surface area contributed by atoms with Crippen LogP contribution in [0.15, 0.2) is 12.4 Å². The summed E-state index contributed by atoms with van der Waals surface area (Å²) in [7, 11) is 0. The number of hydrogen-bond acceptors (Lipinski definition) is 3. The number of nitrogen functional groups attached to an aromatic ring is 1. The molecule has 0 aromatic carbocycles. The van der Waals surface area contributed by atoms with E-state index in [4.69, 9.17) is 5.73 Å². The molecule has 0 unspecified atom stereocenters. The van der Waals surface area contributed by atoms with Crippen molar-refractivity contribution in [2.24, 2.45) is 0 Å². The minimum Gasteiger partial charge on any atom is -0.392 e. The van der Waals surface area contributed by atoms with Crippen LogP contribution in [0.25, 0.3) is 0 Å². The quantitative estimate of drug-likeness (QED) is 0.785. The average molecular weight is 261 g/mol. The molecule has 0 amide bonds. The summed E-state index contributed by atoms with van der Waals surface area (Å²) in [6.45, 7) is 0.661. The van der Waals surface area contributed by atoms with E-state index >= 15 is 0 Å². The summed E-state index contributed by atoms with van der Waals surface area (Å²) in [4.78, 5) is 0. The fraction of sp³-hybridized carbons (Fsp3) is 0.444. The van der Waals surface area contributed by atoms with E-state index in [1.54, 1.807) is 24.0 Å². The molecule has 0 atom stereocenters. The van der Waals surface area contributed by atoms with Crippen molar-refractivity contribution >= 4 is 5.69 Å². The molecule has 98 valence electrons. The Hall–Kier alpha value is -2.06. The first-order valence-electron chi connectivity index (χ1n) is 5.14. The molecule has 0 aliphatic rings. The van der Waals surface area contributed by atoms with Gasteiger partial charge in [-0.2, -0.15) is 18.3 Å². The number of aromatic amines is 1. The maximum atomic E-state index is 12.4. The summed E-state index contributed by atoms with van der Waals surface area (Å²) in [6.07, 6.45) is -1.19. The lowest BCUT2D eigenvalue weighted by atomic mass is 10.3. The van der Waals surface area contributed by atoms with Crippen LogP contribution in [0.4, 0.5) is 18.9 Å². The summed E-state index contributed by atoms with van der Waals surface area (Å²) >= 11 is 0. The molecule has 2 rings (SSSR count). The number of anilines is 1. The molecule has 2 aromatic rings. The Morgan fingerprint density at radius 2 is 2.22 bits per heavy atom. The number of nitrogens with one attached hydrogen (secondary N) is 1. The number of nitrogens with two attached hydrogens (primary N) is 1. The van der Waals surface area contributed by atoms with Gasteiger partial charge in [-0.25, -0.2) is 4.68 Å². The second kappa shape index (κ2) is 4.31. The Morgan fingerprint density at radius 3 is 2.78 bits per heavy atom. The van der Waals surface area contributed by atoms with Crippen molar-refractivity contribution in [3.63, 3.8) is 0 Å². The lowest BCUT2D eigenvalue weighted by Crippen LogP contribution is -2.37. The van der Waals surface area contributed by atoms with Gasteiger partial charge < -0.3 is 5.73 Å². The van der Waals surface area contributed by atoms with Crippen LogP contribution in [-0.2, 0) is 13.1 Å². The van der Waals surface area contributed by atoms with Gasteiger partial charge in [-0.1, -0.05) is 5.21 Å². The van der Waals surface area contributed by atoms with E-state index in [9.17, 15) is 13.2 Å². The van der Waals surface area contributed by atoms with Crippen molar-refractivity contribution in [3.05, 3.63) is 23.8 Å². The summed E-state index contributed by atoms with van der Waals surface area (Å²) in [5.41, 5.74) is 6.86. The minimum absolute atomic E-state index is 0.201. The molecule has 3 N–H and O–H groups in total. The predicted octanol–water partition coefficient (Wildman–Crippen LogP) is 0.395. The van der Waals surface area contributed by atoms with E-state index < -0.39 is 12.7 Å². The van der Waals surface area contributed by atoms with Crippen molar-refractivity contribution in [3.8, 4) is 0 Å². The number of hydrogen-bond donors (Lipinski definition) is 2. The predicted molar refractivity (Wildman–Crippen MR) is 55.3 cm³/mol. The Kier molecular flexibility index (Phi) is 2.97. The molecule has 0 saturated heterocycles. The first kappa shape index (κ1) is 12.4. The zero-order valence-corrected chi connectivity index (χ0v) is 9.57. The van der Waals surface area contributed by atoms with Gasteiger partial charge in [0.1, 0.15) is 17.9 Å². The van der Waals surface area contributed by atoms with E-state index in [2.05, 4.69) is 15.4 Å². The molecule has 0 aliphatic carbocycles. The maximum absolute atomic E-state index is 12.4. The first-order chi connectivity index (χ1) is 8.35. The number of halogens is 3. The molecule has 18 heavy (non-hydrogen) atoms. The number of aryl methyl sites for hydroxylation is 1. The van der Waals surface area contributed by atoms with Crippen molar-refractivity contribution in [1.82, 2.24) is 20.1 Å². The molecular weight excluding hydrogens is 249 g/mol. The van der Waals surface area contributed by atoms with Gasteiger partial charge in [-0.3, -0.25) is 0 Å². The standard InChI is InChI=1S/C9H11F3N6/c1-6-8(4-17-3-7(13)2-14-17)18(16-15-6)5-9(10,11)12/h2-3H,4-5,13H2,1H3/p+1. The van der Waals surface area contributed by atoms with Crippen LogP contribution in [-0.4, -0.2) is 26.3 Å². The zero-order chi connectivity index (χ0) is 13.3. The van der Waals surface area contributed by atoms with Crippen LogP contribution in [0.5, 0.6) is 0 Å². The van der Waals surface area contributed by atoms with E-state index in [1.807, 2.05) is 0 Å². The molecule has 2 heterocycles. The van der Waals surface area contributed by atoms with Gasteiger partial charge in [0, 0.05) is 0 Å². The summed E-state index contributed by atoms with van der Waals surface area (Å²) in [5, 5.41) is 9.95. The highest BCUT2D eigenvalue weighted by Crippen LogP contribution is 2.18. The lowest BCUT2D eigenvalue weighted by Gasteiger charge is -2.07. The topological polar surface area (TPSA) is 76.4 Å². The molecule has 6 nitrogen and oxygen atoms in total. The summed E-state index contributed by atoms with van der Waals surface area (Å²) < 4.78 is 39.5. The van der Waals surface area contributed by atoms with Crippen LogP contribution < -0.4 is 10.4 Å². The molecule has 0 radical (unpaired) electrons. The Balaban J connectivity index is 2.24. The van der Waals surface area contributed by atoms with Gasteiger partial charge in [0.2, 0.25) is 12.7 Å². The minimum atomic E-state index is -4.33. The Bertz CT molecular complexity index is 541. The monoisotopic (exact) mass is 261 g/mol. The highest BCUT2D eigenvalue weighted by Gasteiger charge is 2.31. The van der Waals surface area contributed by atoms with Crippen molar-refractivity contribution in [1.29, 1.82) is 0 Å². The number of nitrogens with zero attached hydrogens (tertiary/aromatic N) is 4. The van der Waals surface area contributed by atoms with Gasteiger partial charge in [0.25, 0.3) is 0 Å². The molecule has 9 heteroatoms. The number of alkyl halides is 3. The van der Waals surface area contributed by atoms with Gasteiger partial charge in [0.15, 0.2) is 0 Å². The number of H-pyrrole nitrogens is 1. The fourth-order valence-corrected chi connectivity index (χ4v) is 1.58. The van der Waals surface area contributed by atoms with Crippen LogP contribution in [0.2, 0.25) is 0 Å². The van der Waals surface area contributed by atoms with Gasteiger partial charge >= 0.3 is 6.18 Å². The van der Waals surface area contributed by atoms with Crippen molar-refractivity contribution in [2.75, 3.05) is 5.73 Å². The highest BCUT2D eigenvalue weighted by molar-refractivity contribution is 5.27. The van der Waals surface area contributed by atoms with Gasteiger partial charge in [-0.05, 0) is 6.92 Å². The summed E-state index contributed by atoms with van der Waals surface area (Å²) in [6, 6.07) is 0. The highest BCUT2D eigenvalue weighted by atomic mass is 19.4. The van der Waals surface area contributed by atoms with Crippen LogP contribution in [0.3, 0.4) is 0 Å². The third-order valence-corrected chi connectivity index (χ3v) is 2.38. The van der Waals surface area contributed by atoms with E-state index in [1.165, 1.54) is 0 Å². The molecule has 0 aliphatic heterocycles. The van der Waals surface area contributed by atoms with Gasteiger partial charge in [-0.15, -0.1) is 9.78 Å². The maximum Gasteiger partial charge on any atom is 0.408 e. The van der Waals surface area contributed by atoms with Gasteiger partial charge in [0.05, 0.1) is 11.9 Å². The van der Waals surface area contributed by atoms with Crippen LogP contribution >= 0.6 is 0 Å². The number of rotatable bonds is 3. The molecule has 2 aromatic heterocycles. The fourth-order valence-electron chi connectivity index (χ4n) is 1.58. The van der Waals surface area contributed by atoms with Crippen molar-refractivity contribution in [2.45, 2.75) is 26.2 Å². The second-order valence-electron chi connectivity index (χ2n) is 3.92. The molecule has 0 fully saturated rings. The lowest BCUT2D eigenvalue weighted by molar-refractivity contribution is -0.742. The van der Waals surface area contributed by atoms with Crippen LogP contribution in [0.1, 0.15) is 11.4 Å². The SMILES string of the molecule is Cc1nnn(CC(F)(F)F)c1C[n+]1cc(N)c[nH]1. The molecule has 0 bridgehead atoms. The first-order valence-corrected chi connectivity index (χ1v) is 5.14. The largest absolute Gasteiger partial charge is 0.408 e. The third kappa shape index (κ3) is 2.79.